The van der Waals surface area contributed by atoms with Crippen molar-refractivity contribution in [3.8, 4) is 0 Å². The zero-order chi connectivity index (χ0) is 50.7. The summed E-state index contributed by atoms with van der Waals surface area (Å²) in [5.74, 6) is -1.33. The van der Waals surface area contributed by atoms with Crippen LogP contribution in [0.25, 0.3) is 0 Å². The first-order valence-electron chi connectivity index (χ1n) is 24.8. The summed E-state index contributed by atoms with van der Waals surface area (Å²) in [5, 5.41) is 141. The van der Waals surface area contributed by atoms with E-state index in [0.29, 0.717) is 38.5 Å². The third-order valence-electron chi connectivity index (χ3n) is 19.6. The number of ether oxygens (including phenoxy) is 5. The summed E-state index contributed by atoms with van der Waals surface area (Å²) in [6.07, 6.45) is -22.5. The molecule has 21 nitrogen and oxygen atoms in total. The SMILES string of the molecule is C[C@@H]1[C@H]2C3=CC[C@@H]4[C@@]5(C)C[C@@H](O)[C@H](O)[C@@](C)(CO)[C@@H]5[C@H](O)C[C@@]4(C)[C@]3(C)CC[C@@]2(C(=O)O[C@H]2O[C@@H](CO[C@H]3O[C@@H](CO)[C@H](OO[C@H]4O[C@@H](C)[C@H](O)[C@@H](O)[C@@H]4O)[C@H](O)[C@H]3O)[C@H](O)[C@@H](O)[C@@H]2O)CC[C@@H]1C. The third-order valence-corrected chi connectivity index (χ3v) is 19.6. The summed E-state index contributed by atoms with van der Waals surface area (Å²) in [5.41, 5.74) is -2.86. The van der Waals surface area contributed by atoms with Crippen LogP contribution in [0.3, 0.4) is 0 Å². The van der Waals surface area contributed by atoms with Gasteiger partial charge in [-0.25, -0.2) is 9.78 Å². The van der Waals surface area contributed by atoms with Crippen molar-refractivity contribution >= 4 is 5.97 Å². The van der Waals surface area contributed by atoms with Gasteiger partial charge in [-0.3, -0.25) is 4.79 Å². The van der Waals surface area contributed by atoms with Gasteiger partial charge in [-0.05, 0) is 91.8 Å². The van der Waals surface area contributed by atoms with Gasteiger partial charge in [0.15, 0.2) is 6.29 Å². The Morgan fingerprint density at radius 3 is 2.00 bits per heavy atom. The highest BCUT2D eigenvalue weighted by molar-refractivity contribution is 5.79. The average molecular weight is 991 g/mol. The minimum Gasteiger partial charge on any atom is -0.432 e. The molecule has 3 saturated heterocycles. The Labute approximate surface area is 401 Å². The molecular weight excluding hydrogens is 913 g/mol. The number of aliphatic hydroxyl groups is 13. The quantitative estimate of drug-likeness (QED) is 0.0481. The fourth-order valence-corrected chi connectivity index (χ4v) is 15.2. The molecule has 21 heteroatoms. The molecule has 0 aromatic carbocycles. The number of hydrogen-bond donors (Lipinski definition) is 13. The van der Waals surface area contributed by atoms with Gasteiger partial charge in [-0.1, -0.05) is 53.2 Å². The third kappa shape index (κ3) is 8.29. The maximum Gasteiger partial charge on any atom is 0.315 e. The molecule has 396 valence electrons. The maximum absolute atomic E-state index is 15.0. The molecule has 13 N–H and O–H groups in total. The first kappa shape index (κ1) is 53.7. The fraction of sp³-hybridized carbons (Fsp3) is 0.938. The van der Waals surface area contributed by atoms with Crippen molar-refractivity contribution in [2.24, 2.45) is 56.7 Å². The van der Waals surface area contributed by atoms with Crippen LogP contribution in [0.4, 0.5) is 0 Å². The van der Waals surface area contributed by atoms with Crippen LogP contribution in [0.2, 0.25) is 0 Å². The van der Waals surface area contributed by atoms with Crippen molar-refractivity contribution in [1.82, 2.24) is 0 Å². The summed E-state index contributed by atoms with van der Waals surface area (Å²) >= 11 is 0. The molecule has 0 unspecified atom stereocenters. The normalized spacial score (nSPS) is 56.5. The molecule has 0 amide bonds. The number of rotatable bonds is 10. The number of aliphatic hydroxyl groups excluding tert-OH is 13. The predicted molar refractivity (Wildman–Crippen MR) is 234 cm³/mol. The molecule has 4 saturated carbocycles. The molecule has 0 spiro atoms. The highest BCUT2D eigenvalue weighted by atomic mass is 17.2. The molecule has 8 aliphatic rings. The number of esters is 1. The monoisotopic (exact) mass is 991 g/mol. The second kappa shape index (κ2) is 19.3. The van der Waals surface area contributed by atoms with Gasteiger partial charge in [-0.15, -0.1) is 0 Å². The van der Waals surface area contributed by atoms with Gasteiger partial charge in [0.25, 0.3) is 0 Å². The lowest BCUT2D eigenvalue weighted by atomic mass is 9.32. The molecule has 8 rings (SSSR count). The summed E-state index contributed by atoms with van der Waals surface area (Å²) < 4.78 is 28.8. The first-order valence-corrected chi connectivity index (χ1v) is 24.8. The molecule has 7 fully saturated rings. The van der Waals surface area contributed by atoms with Gasteiger partial charge in [0, 0.05) is 11.3 Å². The van der Waals surface area contributed by atoms with E-state index < -0.39 is 169 Å². The summed E-state index contributed by atoms with van der Waals surface area (Å²) in [7, 11) is 0. The van der Waals surface area contributed by atoms with E-state index >= 15 is 4.79 Å². The summed E-state index contributed by atoms with van der Waals surface area (Å²) in [6.45, 7) is 12.1. The van der Waals surface area contributed by atoms with E-state index in [1.54, 1.807) is 6.92 Å². The van der Waals surface area contributed by atoms with Crippen molar-refractivity contribution in [2.45, 2.75) is 204 Å². The Balaban J connectivity index is 0.978. The van der Waals surface area contributed by atoms with Crippen LogP contribution in [0, 0.1) is 56.7 Å². The Bertz CT molecular complexity index is 1870. The predicted octanol–water partition coefficient (Wildman–Crippen LogP) is -2.13. The lowest BCUT2D eigenvalue weighted by molar-refractivity contribution is -0.463. The van der Waals surface area contributed by atoms with E-state index in [1.165, 1.54) is 6.92 Å². The van der Waals surface area contributed by atoms with Crippen LogP contribution in [-0.4, -0.2) is 203 Å². The molecule has 0 aromatic heterocycles. The van der Waals surface area contributed by atoms with Gasteiger partial charge in [0.05, 0.1) is 49.7 Å². The average Bonchev–Trinajstić information content (AvgIpc) is 3.30. The van der Waals surface area contributed by atoms with Gasteiger partial charge in [0.1, 0.15) is 67.1 Å². The number of fused-ring (bicyclic) bond motifs is 7. The van der Waals surface area contributed by atoms with Crippen molar-refractivity contribution in [3.05, 3.63) is 11.6 Å². The van der Waals surface area contributed by atoms with E-state index in [9.17, 15) is 66.4 Å². The van der Waals surface area contributed by atoms with Crippen LogP contribution >= 0.6 is 0 Å². The fourth-order valence-electron chi connectivity index (χ4n) is 15.2. The largest absolute Gasteiger partial charge is 0.432 e. The summed E-state index contributed by atoms with van der Waals surface area (Å²) in [6, 6.07) is 0. The van der Waals surface area contributed by atoms with Crippen molar-refractivity contribution < 1.29 is 105 Å². The number of carbonyl (C=O) groups excluding carboxylic acids is 1. The standard InChI is InChI=1S/C48H78O21/c1-19-10-11-48(13-12-46(6)22(28(48)20(19)2)8-9-27-44(4)14-24(52)39(61)45(5,18-50)38(44)23(51)15-47(27,46)7)43(62)67-41-34(58)32(56)30(54)26(66-41)17-63-40-36(60)33(57)37(25(16-49)65-40)68-69-42-35(59)31(55)29(53)21(3)64-42/h8,19-21,23-42,49-61H,9-18H2,1-7H3/t19-,20-,21-,23+,24+,25-,26-,27+,28-,29-,30-,31+,32+,33+,34-,35-,36+,37-,38+,39-,40-,41+,42+,44+,45-,46+,47+,48-/m0/s1. The molecule has 3 aliphatic heterocycles. The van der Waals surface area contributed by atoms with Crippen molar-refractivity contribution in [2.75, 3.05) is 19.8 Å². The molecule has 3 heterocycles. The van der Waals surface area contributed by atoms with Gasteiger partial charge in [0.2, 0.25) is 12.6 Å². The Morgan fingerprint density at radius 2 is 1.33 bits per heavy atom. The number of carbonyl (C=O) groups is 1. The summed E-state index contributed by atoms with van der Waals surface area (Å²) in [4.78, 5) is 25.3. The van der Waals surface area contributed by atoms with Crippen LogP contribution in [0.5, 0.6) is 0 Å². The zero-order valence-electron chi connectivity index (χ0n) is 40.5. The van der Waals surface area contributed by atoms with Crippen LogP contribution < -0.4 is 0 Å². The first-order chi connectivity index (χ1) is 32.3. The number of hydrogen-bond acceptors (Lipinski definition) is 21. The van der Waals surface area contributed by atoms with Crippen LogP contribution in [-0.2, 0) is 38.3 Å². The van der Waals surface area contributed by atoms with E-state index in [2.05, 4.69) is 40.7 Å². The zero-order valence-corrected chi connectivity index (χ0v) is 40.5. The highest BCUT2D eigenvalue weighted by Crippen LogP contribution is 2.76. The second-order valence-corrected chi connectivity index (χ2v) is 23.1. The molecule has 0 bridgehead atoms. The topological polar surface area (TPSA) is 345 Å². The second-order valence-electron chi connectivity index (χ2n) is 23.1. The van der Waals surface area contributed by atoms with E-state index in [1.807, 2.05) is 0 Å². The molecular formula is C48H78O21. The van der Waals surface area contributed by atoms with E-state index in [-0.39, 0.29) is 30.1 Å². The van der Waals surface area contributed by atoms with Gasteiger partial charge >= 0.3 is 5.97 Å². The number of allylic oxidation sites excluding steroid dienone is 2. The van der Waals surface area contributed by atoms with Crippen molar-refractivity contribution in [3.63, 3.8) is 0 Å². The minimum absolute atomic E-state index is 0.0151. The molecule has 28 atom stereocenters. The van der Waals surface area contributed by atoms with Crippen LogP contribution in [0.1, 0.15) is 93.4 Å². The lowest BCUT2D eigenvalue weighted by Crippen LogP contribution is -2.71. The molecule has 0 radical (unpaired) electrons. The lowest BCUT2D eigenvalue weighted by Gasteiger charge is -2.72. The van der Waals surface area contributed by atoms with Gasteiger partial charge in [-0.2, -0.15) is 0 Å². The van der Waals surface area contributed by atoms with E-state index in [4.69, 9.17) is 33.5 Å². The molecule has 69 heavy (non-hydrogen) atoms. The molecule has 5 aliphatic carbocycles. The minimum atomic E-state index is -1.89. The Hall–Kier alpha value is -1.55. The highest BCUT2D eigenvalue weighted by Gasteiger charge is 2.73. The van der Waals surface area contributed by atoms with E-state index in [0.717, 1.165) is 5.57 Å². The van der Waals surface area contributed by atoms with Gasteiger partial charge < -0.3 is 90.1 Å². The van der Waals surface area contributed by atoms with Crippen molar-refractivity contribution in [1.29, 1.82) is 0 Å². The smallest absolute Gasteiger partial charge is 0.315 e. The Morgan fingerprint density at radius 1 is 0.696 bits per heavy atom. The Kier molecular flexibility index (Phi) is 15.0. The van der Waals surface area contributed by atoms with Crippen LogP contribution in [0.15, 0.2) is 11.6 Å². The maximum atomic E-state index is 15.0. The molecule has 0 aromatic rings.